The van der Waals surface area contributed by atoms with Crippen molar-refractivity contribution >= 4 is 11.8 Å². The Bertz CT molecular complexity index is 691. The number of aromatic amines is 1. The summed E-state index contributed by atoms with van der Waals surface area (Å²) in [5.74, 6) is -0.458. The summed E-state index contributed by atoms with van der Waals surface area (Å²) in [4.78, 5) is 12.3. The molecular formula is C13H14FN3O2S. The number of aliphatic hydroxyl groups excluding tert-OH is 1. The van der Waals surface area contributed by atoms with Crippen LogP contribution in [0.1, 0.15) is 37.5 Å². The zero-order valence-corrected chi connectivity index (χ0v) is 11.7. The molecule has 1 aliphatic rings. The van der Waals surface area contributed by atoms with Crippen LogP contribution in [0, 0.1) is 5.82 Å². The quantitative estimate of drug-likeness (QED) is 0.907. The lowest BCUT2D eigenvalue weighted by Crippen LogP contribution is -2.16. The van der Waals surface area contributed by atoms with Gasteiger partial charge in [0.1, 0.15) is 5.82 Å². The van der Waals surface area contributed by atoms with E-state index in [2.05, 4.69) is 10.2 Å². The summed E-state index contributed by atoms with van der Waals surface area (Å²) < 4.78 is 15.4. The molecule has 106 valence electrons. The highest BCUT2D eigenvalue weighted by molar-refractivity contribution is 7.99. The second-order valence-corrected chi connectivity index (χ2v) is 5.85. The molecule has 2 aromatic rings. The summed E-state index contributed by atoms with van der Waals surface area (Å²) in [6.07, 6.45) is 0.998. The van der Waals surface area contributed by atoms with Gasteiger partial charge in [0.15, 0.2) is 5.16 Å². The largest absolute Gasteiger partial charge is 0.389 e. The van der Waals surface area contributed by atoms with Gasteiger partial charge in [-0.3, -0.25) is 4.57 Å². The molecule has 1 aliphatic carbocycles. The van der Waals surface area contributed by atoms with Crippen LogP contribution < -0.4 is 5.69 Å². The Morgan fingerprint density at radius 2 is 2.30 bits per heavy atom. The molecule has 1 aromatic carbocycles. The SMILES string of the molecule is CC(O)c1c(F)cccc1Sc1n[nH]c(=O)n1C1CC1. The van der Waals surface area contributed by atoms with E-state index in [4.69, 9.17) is 0 Å². The molecule has 0 spiro atoms. The Hall–Kier alpha value is -1.60. The Kier molecular flexibility index (Phi) is 3.39. The van der Waals surface area contributed by atoms with E-state index < -0.39 is 11.9 Å². The smallest absolute Gasteiger partial charge is 0.344 e. The van der Waals surface area contributed by atoms with Crippen LogP contribution in [-0.4, -0.2) is 19.9 Å². The highest BCUT2D eigenvalue weighted by Gasteiger charge is 2.29. The third-order valence-electron chi connectivity index (χ3n) is 3.22. The van der Waals surface area contributed by atoms with Crippen LogP contribution in [0.5, 0.6) is 0 Å². The Morgan fingerprint density at radius 3 is 2.95 bits per heavy atom. The highest BCUT2D eigenvalue weighted by atomic mass is 32.2. The van der Waals surface area contributed by atoms with Crippen LogP contribution in [0.4, 0.5) is 4.39 Å². The first kappa shape index (κ1) is 13.4. The standard InChI is InChI=1S/C13H14FN3O2S/c1-7(18)11-9(14)3-2-4-10(11)20-13-16-15-12(19)17(13)8-5-6-8/h2-4,7-8,18H,5-6H2,1H3,(H,15,19). The number of benzene rings is 1. The van der Waals surface area contributed by atoms with E-state index in [0.29, 0.717) is 10.1 Å². The molecular weight excluding hydrogens is 281 g/mol. The van der Waals surface area contributed by atoms with Gasteiger partial charge in [0.2, 0.25) is 0 Å². The molecule has 7 heteroatoms. The fourth-order valence-corrected chi connectivity index (χ4v) is 3.27. The fraction of sp³-hybridized carbons (Fsp3) is 0.385. The minimum Gasteiger partial charge on any atom is -0.389 e. The number of nitrogens with one attached hydrogen (secondary N) is 1. The maximum Gasteiger partial charge on any atom is 0.344 e. The molecule has 1 fully saturated rings. The van der Waals surface area contributed by atoms with Crippen molar-refractivity contribution in [2.24, 2.45) is 0 Å². The molecule has 3 rings (SSSR count). The normalized spacial score (nSPS) is 16.4. The number of rotatable bonds is 4. The van der Waals surface area contributed by atoms with E-state index in [1.807, 2.05) is 0 Å². The van der Waals surface area contributed by atoms with Crippen LogP contribution in [0.3, 0.4) is 0 Å². The van der Waals surface area contributed by atoms with Crippen LogP contribution in [-0.2, 0) is 0 Å². The van der Waals surface area contributed by atoms with Crippen LogP contribution in [0.2, 0.25) is 0 Å². The number of halogens is 1. The van der Waals surface area contributed by atoms with Gasteiger partial charge < -0.3 is 5.11 Å². The average Bonchev–Trinajstić information content (AvgIpc) is 3.15. The lowest BCUT2D eigenvalue weighted by atomic mass is 10.1. The van der Waals surface area contributed by atoms with Crippen molar-refractivity contribution in [1.82, 2.24) is 14.8 Å². The maximum absolute atomic E-state index is 13.8. The van der Waals surface area contributed by atoms with Crippen LogP contribution >= 0.6 is 11.8 Å². The molecule has 5 nitrogen and oxygen atoms in total. The molecule has 0 amide bonds. The van der Waals surface area contributed by atoms with Gasteiger partial charge in [0, 0.05) is 16.5 Å². The van der Waals surface area contributed by atoms with Gasteiger partial charge in [-0.05, 0) is 43.7 Å². The van der Waals surface area contributed by atoms with Gasteiger partial charge in [-0.1, -0.05) is 6.07 Å². The van der Waals surface area contributed by atoms with Gasteiger partial charge in [-0.15, -0.1) is 5.10 Å². The van der Waals surface area contributed by atoms with E-state index in [9.17, 15) is 14.3 Å². The second kappa shape index (κ2) is 5.06. The molecule has 1 aromatic heterocycles. The van der Waals surface area contributed by atoms with Crippen molar-refractivity contribution < 1.29 is 9.50 Å². The van der Waals surface area contributed by atoms with Crippen LogP contribution in [0.25, 0.3) is 0 Å². The number of H-pyrrole nitrogens is 1. The first-order valence-corrected chi connectivity index (χ1v) is 7.21. The number of hydrogen-bond donors (Lipinski definition) is 2. The van der Waals surface area contributed by atoms with Gasteiger partial charge in [-0.2, -0.15) is 0 Å². The molecule has 1 unspecified atom stereocenters. The van der Waals surface area contributed by atoms with E-state index in [1.54, 1.807) is 16.7 Å². The summed E-state index contributed by atoms with van der Waals surface area (Å²) in [6.45, 7) is 1.51. The first-order chi connectivity index (χ1) is 9.58. The molecule has 2 N–H and O–H groups in total. The molecule has 1 saturated carbocycles. The van der Waals surface area contributed by atoms with Crippen molar-refractivity contribution in [3.05, 3.63) is 40.1 Å². The van der Waals surface area contributed by atoms with E-state index in [1.165, 1.54) is 24.8 Å². The molecule has 1 heterocycles. The second-order valence-electron chi connectivity index (χ2n) is 4.84. The Balaban J connectivity index is 2.00. The summed E-state index contributed by atoms with van der Waals surface area (Å²) in [6, 6.07) is 4.79. The Labute approximate surface area is 118 Å². The predicted octanol–water partition coefficient (Wildman–Crippen LogP) is 2.25. The molecule has 0 aliphatic heterocycles. The topological polar surface area (TPSA) is 70.9 Å². The van der Waals surface area contributed by atoms with Crippen LogP contribution in [0.15, 0.2) is 33.0 Å². The average molecular weight is 295 g/mol. The maximum atomic E-state index is 13.8. The minimum absolute atomic E-state index is 0.187. The zero-order valence-electron chi connectivity index (χ0n) is 10.8. The van der Waals surface area contributed by atoms with Crippen molar-refractivity contribution in [2.75, 3.05) is 0 Å². The van der Waals surface area contributed by atoms with Gasteiger partial charge in [0.25, 0.3) is 0 Å². The van der Waals surface area contributed by atoms with Crippen molar-refractivity contribution in [3.63, 3.8) is 0 Å². The summed E-state index contributed by atoms with van der Waals surface area (Å²) >= 11 is 1.19. The van der Waals surface area contributed by atoms with Gasteiger partial charge >= 0.3 is 5.69 Å². The summed E-state index contributed by atoms with van der Waals surface area (Å²) in [7, 11) is 0. The van der Waals surface area contributed by atoms with E-state index in [-0.39, 0.29) is 17.3 Å². The number of aliphatic hydroxyl groups is 1. The van der Waals surface area contributed by atoms with E-state index in [0.717, 1.165) is 12.8 Å². The molecule has 1 atom stereocenters. The summed E-state index contributed by atoms with van der Waals surface area (Å²) in [5, 5.41) is 16.6. The van der Waals surface area contributed by atoms with Gasteiger partial charge in [-0.25, -0.2) is 14.3 Å². The Morgan fingerprint density at radius 1 is 1.55 bits per heavy atom. The molecule has 0 bridgehead atoms. The number of hydrogen-bond acceptors (Lipinski definition) is 4. The third-order valence-corrected chi connectivity index (χ3v) is 4.26. The monoisotopic (exact) mass is 295 g/mol. The first-order valence-electron chi connectivity index (χ1n) is 6.39. The number of aromatic nitrogens is 3. The van der Waals surface area contributed by atoms with Crippen molar-refractivity contribution in [3.8, 4) is 0 Å². The highest BCUT2D eigenvalue weighted by Crippen LogP contribution is 2.39. The fourth-order valence-electron chi connectivity index (χ4n) is 2.13. The van der Waals surface area contributed by atoms with Crippen molar-refractivity contribution in [2.45, 2.75) is 42.0 Å². The van der Waals surface area contributed by atoms with E-state index >= 15 is 0 Å². The number of nitrogens with zero attached hydrogens (tertiary/aromatic N) is 2. The molecule has 0 radical (unpaired) electrons. The minimum atomic E-state index is -0.918. The molecule has 20 heavy (non-hydrogen) atoms. The zero-order chi connectivity index (χ0) is 14.3. The molecule has 0 saturated heterocycles. The lowest BCUT2D eigenvalue weighted by Gasteiger charge is -2.12. The van der Waals surface area contributed by atoms with Crippen molar-refractivity contribution in [1.29, 1.82) is 0 Å². The third kappa shape index (κ3) is 2.38. The predicted molar refractivity (Wildman–Crippen MR) is 72.3 cm³/mol. The van der Waals surface area contributed by atoms with Gasteiger partial charge in [0.05, 0.1) is 6.10 Å². The lowest BCUT2D eigenvalue weighted by molar-refractivity contribution is 0.191. The summed E-state index contributed by atoms with van der Waals surface area (Å²) in [5.41, 5.74) is -0.0136.